The van der Waals surface area contributed by atoms with Crippen molar-refractivity contribution in [1.82, 2.24) is 0 Å². The Morgan fingerprint density at radius 2 is 1.95 bits per heavy atom. The van der Waals surface area contributed by atoms with Crippen LogP contribution in [-0.2, 0) is 4.79 Å². The van der Waals surface area contributed by atoms with E-state index in [9.17, 15) is 4.79 Å². The smallest absolute Gasteiger partial charge is 0.237 e. The van der Waals surface area contributed by atoms with Gasteiger partial charge in [0.25, 0.3) is 0 Å². The van der Waals surface area contributed by atoms with E-state index in [-0.39, 0.29) is 11.2 Å². The number of unbranched alkanes of at least 4 members (excludes halogenated alkanes) is 1. The maximum absolute atomic E-state index is 12.1. The average Bonchev–Trinajstić information content (AvgIpc) is 2.39. The topological polar surface area (TPSA) is 29.1 Å². The van der Waals surface area contributed by atoms with E-state index < -0.39 is 0 Å². The maximum Gasteiger partial charge on any atom is 0.237 e. The lowest BCUT2D eigenvalue weighted by molar-refractivity contribution is -0.115. The highest BCUT2D eigenvalue weighted by atomic mass is 32.2. The summed E-state index contributed by atoms with van der Waals surface area (Å²) in [5.74, 6) is 1.57. The summed E-state index contributed by atoms with van der Waals surface area (Å²) in [4.78, 5) is 12.1. The fourth-order valence-corrected chi connectivity index (χ4v) is 2.85. The monoisotopic (exact) mass is 279 g/mol. The minimum absolute atomic E-state index is 0.00627. The Balaban J connectivity index is 2.61. The van der Waals surface area contributed by atoms with Crippen LogP contribution in [0.15, 0.2) is 24.3 Å². The highest BCUT2D eigenvalue weighted by molar-refractivity contribution is 8.00. The van der Waals surface area contributed by atoms with Crippen molar-refractivity contribution in [3.63, 3.8) is 0 Å². The molecular formula is C16H25NOS. The summed E-state index contributed by atoms with van der Waals surface area (Å²) < 4.78 is 0. The Bertz CT molecular complexity index is 403. The van der Waals surface area contributed by atoms with Gasteiger partial charge < -0.3 is 5.32 Å². The maximum atomic E-state index is 12.1. The molecule has 3 heteroatoms. The second-order valence-corrected chi connectivity index (χ2v) is 6.55. The van der Waals surface area contributed by atoms with Gasteiger partial charge in [-0.15, -0.1) is 11.8 Å². The molecule has 0 saturated carbocycles. The predicted octanol–water partition coefficient (Wildman–Crippen LogP) is 4.67. The molecule has 0 aliphatic carbocycles. The van der Waals surface area contributed by atoms with E-state index in [0.29, 0.717) is 5.92 Å². The van der Waals surface area contributed by atoms with Gasteiger partial charge in [-0.2, -0.15) is 0 Å². The third kappa shape index (κ3) is 5.27. The number of amides is 1. The highest BCUT2D eigenvalue weighted by Gasteiger charge is 2.15. The van der Waals surface area contributed by atoms with Crippen molar-refractivity contribution >= 4 is 23.4 Å². The Labute approximate surface area is 121 Å². The summed E-state index contributed by atoms with van der Waals surface area (Å²) in [7, 11) is 0. The lowest BCUT2D eigenvalue weighted by Gasteiger charge is -2.16. The van der Waals surface area contributed by atoms with Crippen LogP contribution in [-0.4, -0.2) is 16.9 Å². The van der Waals surface area contributed by atoms with Gasteiger partial charge >= 0.3 is 0 Å². The molecule has 0 bridgehead atoms. The Hall–Kier alpha value is -0.960. The highest BCUT2D eigenvalue weighted by Crippen LogP contribution is 2.24. The summed E-state index contributed by atoms with van der Waals surface area (Å²) in [5.41, 5.74) is 2.15. The minimum Gasteiger partial charge on any atom is -0.325 e. The van der Waals surface area contributed by atoms with Gasteiger partial charge in [-0.05, 0) is 36.6 Å². The molecule has 0 aromatic heterocycles. The molecule has 1 unspecified atom stereocenters. The molecule has 0 fully saturated rings. The summed E-state index contributed by atoms with van der Waals surface area (Å²) in [6.45, 7) is 8.44. The fraction of sp³-hybridized carbons (Fsp3) is 0.562. The molecule has 1 atom stereocenters. The van der Waals surface area contributed by atoms with Gasteiger partial charge in [-0.1, -0.05) is 45.4 Å². The predicted molar refractivity (Wildman–Crippen MR) is 86.0 cm³/mol. The molecule has 0 aliphatic rings. The first-order valence-electron chi connectivity index (χ1n) is 7.07. The molecule has 1 aromatic carbocycles. The first-order chi connectivity index (χ1) is 9.06. The zero-order valence-corrected chi connectivity index (χ0v) is 13.2. The second-order valence-electron chi connectivity index (χ2n) is 5.10. The molecule has 0 radical (unpaired) electrons. The zero-order valence-electron chi connectivity index (χ0n) is 12.4. The van der Waals surface area contributed by atoms with Gasteiger partial charge in [0.2, 0.25) is 5.91 Å². The van der Waals surface area contributed by atoms with Crippen molar-refractivity contribution < 1.29 is 4.79 Å². The fourth-order valence-electron chi connectivity index (χ4n) is 1.83. The van der Waals surface area contributed by atoms with E-state index >= 15 is 0 Å². The van der Waals surface area contributed by atoms with Crippen molar-refractivity contribution in [3.8, 4) is 0 Å². The van der Waals surface area contributed by atoms with E-state index in [1.807, 2.05) is 25.1 Å². The van der Waals surface area contributed by atoms with Gasteiger partial charge in [-0.25, -0.2) is 0 Å². The molecule has 1 amide bonds. The van der Waals surface area contributed by atoms with Crippen LogP contribution in [0.2, 0.25) is 0 Å². The molecule has 1 N–H and O–H groups in total. The SMILES string of the molecule is CCCCSC(C)C(=O)Nc1ccccc1C(C)C. The standard InChI is InChI=1S/C16H25NOS/c1-5-6-11-19-13(4)16(18)17-15-10-8-7-9-14(15)12(2)3/h7-10,12-13H,5-6,11H2,1-4H3,(H,17,18). The quantitative estimate of drug-likeness (QED) is 0.735. The number of carbonyl (C=O) groups excluding carboxylic acids is 1. The van der Waals surface area contributed by atoms with Crippen LogP contribution in [0.25, 0.3) is 0 Å². The van der Waals surface area contributed by atoms with E-state index in [1.165, 1.54) is 18.4 Å². The largest absolute Gasteiger partial charge is 0.325 e. The van der Waals surface area contributed by atoms with Crippen LogP contribution in [0.1, 0.15) is 52.0 Å². The average molecular weight is 279 g/mol. The lowest BCUT2D eigenvalue weighted by atomic mass is 10.0. The molecular weight excluding hydrogens is 254 g/mol. The number of para-hydroxylation sites is 1. The van der Waals surface area contributed by atoms with Crippen LogP contribution in [0.5, 0.6) is 0 Å². The molecule has 106 valence electrons. The summed E-state index contributed by atoms with van der Waals surface area (Å²) >= 11 is 1.73. The van der Waals surface area contributed by atoms with Crippen LogP contribution in [0, 0.1) is 0 Å². The van der Waals surface area contributed by atoms with Gasteiger partial charge in [0.1, 0.15) is 0 Å². The lowest BCUT2D eigenvalue weighted by Crippen LogP contribution is -2.23. The van der Waals surface area contributed by atoms with Crippen molar-refractivity contribution in [2.24, 2.45) is 0 Å². The van der Waals surface area contributed by atoms with Crippen molar-refractivity contribution in [2.45, 2.75) is 51.7 Å². The minimum atomic E-state index is 0.00627. The summed E-state index contributed by atoms with van der Waals surface area (Å²) in [6.07, 6.45) is 2.35. The number of hydrogen-bond donors (Lipinski definition) is 1. The van der Waals surface area contributed by atoms with E-state index in [1.54, 1.807) is 11.8 Å². The third-order valence-corrected chi connectivity index (χ3v) is 4.31. The molecule has 19 heavy (non-hydrogen) atoms. The Kier molecular flexibility index (Phi) is 7.00. The molecule has 1 rings (SSSR count). The Morgan fingerprint density at radius 3 is 2.58 bits per heavy atom. The van der Waals surface area contributed by atoms with E-state index in [2.05, 4.69) is 32.2 Å². The first kappa shape index (κ1) is 16.1. The van der Waals surface area contributed by atoms with Crippen molar-refractivity contribution in [2.75, 3.05) is 11.1 Å². The van der Waals surface area contributed by atoms with Crippen LogP contribution >= 0.6 is 11.8 Å². The van der Waals surface area contributed by atoms with Gasteiger partial charge in [-0.3, -0.25) is 4.79 Å². The van der Waals surface area contributed by atoms with Gasteiger partial charge in [0.05, 0.1) is 5.25 Å². The Morgan fingerprint density at radius 1 is 1.26 bits per heavy atom. The zero-order chi connectivity index (χ0) is 14.3. The molecule has 0 aliphatic heterocycles. The molecule has 1 aromatic rings. The molecule has 2 nitrogen and oxygen atoms in total. The van der Waals surface area contributed by atoms with Crippen LogP contribution in [0.3, 0.4) is 0 Å². The number of thioether (sulfide) groups is 1. The summed E-state index contributed by atoms with van der Waals surface area (Å²) in [5, 5.41) is 3.07. The van der Waals surface area contributed by atoms with Gasteiger partial charge in [0, 0.05) is 5.69 Å². The second kappa shape index (κ2) is 8.26. The number of hydrogen-bond acceptors (Lipinski definition) is 2. The summed E-state index contributed by atoms with van der Waals surface area (Å²) in [6, 6.07) is 8.05. The molecule has 0 spiro atoms. The number of nitrogens with one attached hydrogen (secondary N) is 1. The number of anilines is 1. The normalized spacial score (nSPS) is 12.5. The van der Waals surface area contributed by atoms with Crippen LogP contribution in [0.4, 0.5) is 5.69 Å². The van der Waals surface area contributed by atoms with Crippen molar-refractivity contribution in [3.05, 3.63) is 29.8 Å². The molecule has 0 heterocycles. The van der Waals surface area contributed by atoms with E-state index in [4.69, 9.17) is 0 Å². The van der Waals surface area contributed by atoms with Gasteiger partial charge in [0.15, 0.2) is 0 Å². The number of rotatable bonds is 7. The van der Waals surface area contributed by atoms with Crippen LogP contribution < -0.4 is 5.32 Å². The molecule has 0 saturated heterocycles. The van der Waals surface area contributed by atoms with Crippen molar-refractivity contribution in [1.29, 1.82) is 0 Å². The number of carbonyl (C=O) groups is 1. The third-order valence-electron chi connectivity index (χ3n) is 3.08. The number of benzene rings is 1. The first-order valence-corrected chi connectivity index (χ1v) is 8.12. The van der Waals surface area contributed by atoms with E-state index in [0.717, 1.165) is 11.4 Å².